The lowest BCUT2D eigenvalue weighted by Gasteiger charge is -2.15. The second kappa shape index (κ2) is 8.02. The van der Waals surface area contributed by atoms with E-state index in [1.807, 2.05) is 26.0 Å². The topological polar surface area (TPSA) is 56.5 Å². The first-order valence-electron chi connectivity index (χ1n) is 6.77. The lowest BCUT2D eigenvalue weighted by atomic mass is 10.1. The van der Waals surface area contributed by atoms with Crippen LogP contribution < -0.4 is 20.5 Å². The number of ether oxygens (including phenoxy) is 2. The van der Waals surface area contributed by atoms with Gasteiger partial charge in [0.15, 0.2) is 0 Å². The fourth-order valence-corrected chi connectivity index (χ4v) is 2.15. The van der Waals surface area contributed by atoms with E-state index in [4.69, 9.17) is 15.2 Å². The summed E-state index contributed by atoms with van der Waals surface area (Å²) in [6, 6.07) is 4.31. The molecule has 0 heterocycles. The van der Waals surface area contributed by atoms with Gasteiger partial charge in [-0.3, -0.25) is 0 Å². The van der Waals surface area contributed by atoms with Crippen molar-refractivity contribution >= 4 is 0 Å². The molecule has 0 saturated heterocycles. The van der Waals surface area contributed by atoms with Gasteiger partial charge >= 0.3 is 0 Å². The Morgan fingerprint density at radius 3 is 2.58 bits per heavy atom. The molecule has 0 aromatic heterocycles. The van der Waals surface area contributed by atoms with Crippen molar-refractivity contribution in [2.45, 2.75) is 39.3 Å². The van der Waals surface area contributed by atoms with E-state index in [0.717, 1.165) is 48.6 Å². The van der Waals surface area contributed by atoms with Crippen LogP contribution in [0.3, 0.4) is 0 Å². The van der Waals surface area contributed by atoms with Crippen molar-refractivity contribution in [3.05, 3.63) is 23.3 Å². The molecular weight excluding hydrogens is 240 g/mol. The minimum absolute atomic E-state index is 0.277. The molecule has 4 heteroatoms. The molecule has 0 aliphatic rings. The molecule has 1 atom stereocenters. The van der Waals surface area contributed by atoms with Crippen molar-refractivity contribution in [2.75, 3.05) is 20.8 Å². The van der Waals surface area contributed by atoms with Crippen molar-refractivity contribution in [3.8, 4) is 11.5 Å². The normalized spacial score (nSPS) is 12.3. The summed E-state index contributed by atoms with van der Waals surface area (Å²) in [5.74, 6) is 1.76. The maximum Gasteiger partial charge on any atom is 0.129 e. The Balaban J connectivity index is 2.56. The molecule has 1 aromatic rings. The van der Waals surface area contributed by atoms with Crippen LogP contribution in [0.15, 0.2) is 12.1 Å². The van der Waals surface area contributed by atoms with Crippen molar-refractivity contribution < 1.29 is 9.47 Å². The van der Waals surface area contributed by atoms with Gasteiger partial charge in [0, 0.05) is 23.7 Å². The highest BCUT2D eigenvalue weighted by Gasteiger charge is 2.10. The van der Waals surface area contributed by atoms with Gasteiger partial charge in [-0.05, 0) is 39.3 Å². The van der Waals surface area contributed by atoms with Gasteiger partial charge in [0.25, 0.3) is 0 Å². The average molecular weight is 266 g/mol. The van der Waals surface area contributed by atoms with Crippen LogP contribution >= 0.6 is 0 Å². The van der Waals surface area contributed by atoms with E-state index in [0.29, 0.717) is 0 Å². The molecule has 1 aromatic carbocycles. The number of methoxy groups -OCH3 is 2. The van der Waals surface area contributed by atoms with Gasteiger partial charge in [-0.1, -0.05) is 6.07 Å². The van der Waals surface area contributed by atoms with Crippen molar-refractivity contribution in [3.63, 3.8) is 0 Å². The molecule has 0 aliphatic carbocycles. The standard InChI is InChI=1S/C15H26N2O2/c1-11(16)6-5-9-17-10-13-7-8-14(18-3)12(2)15(13)19-4/h7-8,11,17H,5-6,9-10,16H2,1-4H3. The molecule has 0 spiro atoms. The zero-order valence-electron chi connectivity index (χ0n) is 12.5. The molecule has 0 bridgehead atoms. The van der Waals surface area contributed by atoms with Crippen LogP contribution in [0.5, 0.6) is 11.5 Å². The number of nitrogens with one attached hydrogen (secondary N) is 1. The largest absolute Gasteiger partial charge is 0.496 e. The Morgan fingerprint density at radius 2 is 2.00 bits per heavy atom. The molecule has 0 saturated carbocycles. The Hall–Kier alpha value is -1.26. The molecule has 0 aliphatic heterocycles. The van der Waals surface area contributed by atoms with Crippen molar-refractivity contribution in [2.24, 2.45) is 5.73 Å². The lowest BCUT2D eigenvalue weighted by Crippen LogP contribution is -2.20. The second-order valence-electron chi connectivity index (χ2n) is 4.88. The highest BCUT2D eigenvalue weighted by Crippen LogP contribution is 2.31. The first kappa shape index (κ1) is 15.8. The average Bonchev–Trinajstić information content (AvgIpc) is 2.38. The summed E-state index contributed by atoms with van der Waals surface area (Å²) in [6.07, 6.45) is 2.14. The summed E-state index contributed by atoms with van der Waals surface area (Å²) in [4.78, 5) is 0. The number of nitrogens with two attached hydrogens (primary N) is 1. The molecule has 1 unspecified atom stereocenters. The van der Waals surface area contributed by atoms with Crippen LogP contribution in [-0.4, -0.2) is 26.8 Å². The molecule has 19 heavy (non-hydrogen) atoms. The number of benzene rings is 1. The van der Waals surface area contributed by atoms with Crippen LogP contribution in [0.1, 0.15) is 30.9 Å². The highest BCUT2D eigenvalue weighted by atomic mass is 16.5. The minimum Gasteiger partial charge on any atom is -0.496 e. The Bertz CT molecular complexity index is 392. The third-order valence-corrected chi connectivity index (χ3v) is 3.19. The summed E-state index contributed by atoms with van der Waals surface area (Å²) in [5, 5.41) is 3.42. The van der Waals surface area contributed by atoms with Crippen LogP contribution in [0, 0.1) is 6.92 Å². The van der Waals surface area contributed by atoms with E-state index in [-0.39, 0.29) is 6.04 Å². The summed E-state index contributed by atoms with van der Waals surface area (Å²) >= 11 is 0. The SMILES string of the molecule is COc1ccc(CNCCCC(C)N)c(OC)c1C. The first-order chi connectivity index (χ1) is 9.10. The monoisotopic (exact) mass is 266 g/mol. The van der Waals surface area contributed by atoms with Crippen LogP contribution in [0.4, 0.5) is 0 Å². The van der Waals surface area contributed by atoms with Crippen LogP contribution in [-0.2, 0) is 6.54 Å². The summed E-state index contributed by atoms with van der Waals surface area (Å²) in [5.41, 5.74) is 7.92. The zero-order chi connectivity index (χ0) is 14.3. The van der Waals surface area contributed by atoms with Crippen molar-refractivity contribution in [1.82, 2.24) is 5.32 Å². The Morgan fingerprint density at radius 1 is 1.26 bits per heavy atom. The summed E-state index contributed by atoms with van der Waals surface area (Å²) in [7, 11) is 3.37. The van der Waals surface area contributed by atoms with E-state index in [9.17, 15) is 0 Å². The summed E-state index contributed by atoms with van der Waals surface area (Å²) < 4.78 is 10.8. The maximum atomic E-state index is 5.72. The predicted molar refractivity (Wildman–Crippen MR) is 78.9 cm³/mol. The van der Waals surface area contributed by atoms with E-state index in [2.05, 4.69) is 5.32 Å². The number of hydrogen-bond donors (Lipinski definition) is 2. The molecule has 0 radical (unpaired) electrons. The molecule has 1 rings (SSSR count). The molecular formula is C15H26N2O2. The fraction of sp³-hybridized carbons (Fsp3) is 0.600. The van der Waals surface area contributed by atoms with Gasteiger partial charge in [-0.15, -0.1) is 0 Å². The van der Waals surface area contributed by atoms with Gasteiger partial charge < -0.3 is 20.5 Å². The Kier molecular flexibility index (Phi) is 6.67. The summed E-state index contributed by atoms with van der Waals surface area (Å²) in [6.45, 7) is 5.82. The zero-order valence-corrected chi connectivity index (χ0v) is 12.5. The van der Waals surface area contributed by atoms with Gasteiger partial charge in [0.05, 0.1) is 14.2 Å². The van der Waals surface area contributed by atoms with Crippen LogP contribution in [0.25, 0.3) is 0 Å². The second-order valence-corrected chi connectivity index (χ2v) is 4.88. The van der Waals surface area contributed by atoms with Gasteiger partial charge in [0.2, 0.25) is 0 Å². The lowest BCUT2D eigenvalue weighted by molar-refractivity contribution is 0.384. The number of rotatable bonds is 8. The van der Waals surface area contributed by atoms with E-state index >= 15 is 0 Å². The number of hydrogen-bond acceptors (Lipinski definition) is 4. The third-order valence-electron chi connectivity index (χ3n) is 3.19. The molecule has 0 fully saturated rings. The smallest absolute Gasteiger partial charge is 0.129 e. The van der Waals surface area contributed by atoms with E-state index < -0.39 is 0 Å². The van der Waals surface area contributed by atoms with Gasteiger partial charge in [0.1, 0.15) is 11.5 Å². The molecule has 3 N–H and O–H groups in total. The molecule has 108 valence electrons. The van der Waals surface area contributed by atoms with Crippen LogP contribution in [0.2, 0.25) is 0 Å². The van der Waals surface area contributed by atoms with E-state index in [1.54, 1.807) is 14.2 Å². The van der Waals surface area contributed by atoms with E-state index in [1.165, 1.54) is 0 Å². The molecule has 4 nitrogen and oxygen atoms in total. The van der Waals surface area contributed by atoms with Crippen molar-refractivity contribution in [1.29, 1.82) is 0 Å². The Labute approximate surface area is 116 Å². The highest BCUT2D eigenvalue weighted by molar-refractivity contribution is 5.49. The van der Waals surface area contributed by atoms with Gasteiger partial charge in [-0.25, -0.2) is 0 Å². The first-order valence-corrected chi connectivity index (χ1v) is 6.77. The molecule has 0 amide bonds. The third kappa shape index (κ3) is 4.73. The van der Waals surface area contributed by atoms with Gasteiger partial charge in [-0.2, -0.15) is 0 Å². The quantitative estimate of drug-likeness (QED) is 0.708. The maximum absolute atomic E-state index is 5.72. The minimum atomic E-state index is 0.277. The fourth-order valence-electron chi connectivity index (χ4n) is 2.15. The predicted octanol–water partition coefficient (Wildman–Crippen LogP) is 2.23.